The number of likely N-dealkylation sites (tertiary alicyclic amines) is 1. The first kappa shape index (κ1) is 14.4. The van der Waals surface area contributed by atoms with Gasteiger partial charge >= 0.3 is 5.97 Å². The van der Waals surface area contributed by atoms with Crippen molar-refractivity contribution in [3.05, 3.63) is 34.9 Å². The zero-order valence-corrected chi connectivity index (χ0v) is 12.0. The van der Waals surface area contributed by atoms with Crippen LogP contribution in [0.1, 0.15) is 37.8 Å². The first-order chi connectivity index (χ1) is 9.22. The Balaban J connectivity index is 2.22. The van der Waals surface area contributed by atoms with Gasteiger partial charge in [0.05, 0.1) is 6.61 Å². The Bertz CT molecular complexity index is 413. The molecule has 0 aliphatic carbocycles. The van der Waals surface area contributed by atoms with Crippen LogP contribution >= 0.6 is 11.6 Å². The van der Waals surface area contributed by atoms with Crippen molar-refractivity contribution in [3.63, 3.8) is 0 Å². The predicted molar refractivity (Wildman–Crippen MR) is 76.3 cm³/mol. The summed E-state index contributed by atoms with van der Waals surface area (Å²) in [6.07, 6.45) is 3.53. The molecule has 0 spiro atoms. The van der Waals surface area contributed by atoms with E-state index in [1.54, 1.807) is 0 Å². The second-order valence-electron chi connectivity index (χ2n) is 4.80. The largest absolute Gasteiger partial charge is 0.465 e. The Morgan fingerprint density at radius 2 is 1.89 bits per heavy atom. The van der Waals surface area contributed by atoms with E-state index in [1.807, 2.05) is 31.2 Å². The average Bonchev–Trinajstić information content (AvgIpc) is 2.43. The third-order valence-corrected chi connectivity index (χ3v) is 3.70. The topological polar surface area (TPSA) is 29.5 Å². The maximum atomic E-state index is 12.2. The molecule has 0 unspecified atom stereocenters. The number of rotatable bonds is 4. The van der Waals surface area contributed by atoms with Gasteiger partial charge in [0, 0.05) is 5.02 Å². The number of esters is 1. The molecule has 3 nitrogen and oxygen atoms in total. The van der Waals surface area contributed by atoms with Crippen LogP contribution < -0.4 is 0 Å². The van der Waals surface area contributed by atoms with Crippen molar-refractivity contribution in [2.24, 2.45) is 0 Å². The highest BCUT2D eigenvalue weighted by Gasteiger charge is 2.29. The molecule has 1 atom stereocenters. The number of benzene rings is 1. The Labute approximate surface area is 119 Å². The van der Waals surface area contributed by atoms with Crippen LogP contribution in [0.2, 0.25) is 5.02 Å². The summed E-state index contributed by atoms with van der Waals surface area (Å²) in [5, 5.41) is 0.685. The number of hydrogen-bond donors (Lipinski definition) is 0. The van der Waals surface area contributed by atoms with E-state index in [4.69, 9.17) is 16.3 Å². The van der Waals surface area contributed by atoms with Gasteiger partial charge in [-0.05, 0) is 50.6 Å². The summed E-state index contributed by atoms with van der Waals surface area (Å²) in [7, 11) is 0. The highest BCUT2D eigenvalue weighted by atomic mass is 35.5. The van der Waals surface area contributed by atoms with Crippen LogP contribution in [0, 0.1) is 0 Å². The van der Waals surface area contributed by atoms with E-state index in [-0.39, 0.29) is 12.0 Å². The van der Waals surface area contributed by atoms with Crippen LogP contribution in [0.15, 0.2) is 24.3 Å². The smallest absolute Gasteiger partial charge is 0.327 e. The first-order valence-electron chi connectivity index (χ1n) is 6.88. The second kappa shape index (κ2) is 6.92. The molecule has 104 valence electrons. The fourth-order valence-corrected chi connectivity index (χ4v) is 2.66. The van der Waals surface area contributed by atoms with E-state index >= 15 is 0 Å². The van der Waals surface area contributed by atoms with E-state index in [1.165, 1.54) is 6.42 Å². The van der Waals surface area contributed by atoms with Gasteiger partial charge in [0.25, 0.3) is 0 Å². The first-order valence-corrected chi connectivity index (χ1v) is 7.26. The van der Waals surface area contributed by atoms with Crippen LogP contribution in [0.3, 0.4) is 0 Å². The molecule has 1 heterocycles. The van der Waals surface area contributed by atoms with Gasteiger partial charge in [-0.2, -0.15) is 0 Å². The third kappa shape index (κ3) is 3.71. The van der Waals surface area contributed by atoms with Crippen molar-refractivity contribution in [3.8, 4) is 0 Å². The van der Waals surface area contributed by atoms with Gasteiger partial charge in [-0.25, -0.2) is 4.79 Å². The summed E-state index contributed by atoms with van der Waals surface area (Å²) < 4.78 is 5.23. The molecule has 1 fully saturated rings. The van der Waals surface area contributed by atoms with Gasteiger partial charge in [-0.3, -0.25) is 4.90 Å². The minimum absolute atomic E-state index is 0.160. The van der Waals surface area contributed by atoms with Gasteiger partial charge in [-0.1, -0.05) is 30.2 Å². The van der Waals surface area contributed by atoms with Crippen LogP contribution in [0.25, 0.3) is 0 Å². The molecular formula is C15H20ClNO2. The Morgan fingerprint density at radius 1 is 1.26 bits per heavy atom. The normalized spacial score (nSPS) is 18.0. The van der Waals surface area contributed by atoms with Crippen molar-refractivity contribution < 1.29 is 9.53 Å². The molecule has 4 heteroatoms. The summed E-state index contributed by atoms with van der Waals surface area (Å²) in [6.45, 7) is 4.15. The SMILES string of the molecule is CCOC(=O)[C@H](c1ccc(Cl)cc1)N1CCCCC1. The molecule has 0 bridgehead atoms. The summed E-state index contributed by atoms with van der Waals surface area (Å²) in [6, 6.07) is 7.19. The standard InChI is InChI=1S/C15H20ClNO2/c1-2-19-15(18)14(17-10-4-3-5-11-17)12-6-8-13(16)9-7-12/h6-9,14H,2-5,10-11H2,1H3/t14-/m0/s1. The molecule has 0 amide bonds. The second-order valence-corrected chi connectivity index (χ2v) is 5.24. The van der Waals surface area contributed by atoms with Crippen molar-refractivity contribution in [2.75, 3.05) is 19.7 Å². The van der Waals surface area contributed by atoms with Crippen LogP contribution in [-0.2, 0) is 9.53 Å². The lowest BCUT2D eigenvalue weighted by Gasteiger charge is -2.33. The van der Waals surface area contributed by atoms with Gasteiger partial charge < -0.3 is 4.74 Å². The molecular weight excluding hydrogens is 262 g/mol. The van der Waals surface area contributed by atoms with Gasteiger partial charge in [0.15, 0.2) is 0 Å². The van der Waals surface area contributed by atoms with Crippen molar-refractivity contribution in [2.45, 2.75) is 32.2 Å². The fourth-order valence-electron chi connectivity index (χ4n) is 2.54. The monoisotopic (exact) mass is 281 g/mol. The van der Waals surface area contributed by atoms with E-state index < -0.39 is 0 Å². The predicted octanol–water partition coefficient (Wildman–Crippen LogP) is 3.43. The summed E-state index contributed by atoms with van der Waals surface area (Å²) >= 11 is 5.91. The molecule has 0 radical (unpaired) electrons. The molecule has 19 heavy (non-hydrogen) atoms. The van der Waals surface area contributed by atoms with E-state index in [0.717, 1.165) is 31.5 Å². The molecule has 0 saturated carbocycles. The highest BCUT2D eigenvalue weighted by Crippen LogP contribution is 2.27. The molecule has 1 aliphatic heterocycles. The molecule has 1 aromatic rings. The number of halogens is 1. The highest BCUT2D eigenvalue weighted by molar-refractivity contribution is 6.30. The molecule has 2 rings (SSSR count). The van der Waals surface area contributed by atoms with E-state index in [0.29, 0.717) is 11.6 Å². The zero-order chi connectivity index (χ0) is 13.7. The summed E-state index contributed by atoms with van der Waals surface area (Å²) in [4.78, 5) is 14.4. The molecule has 1 saturated heterocycles. The average molecular weight is 282 g/mol. The van der Waals surface area contributed by atoms with Gasteiger partial charge in [-0.15, -0.1) is 0 Å². The lowest BCUT2D eigenvalue weighted by atomic mass is 10.0. The number of carbonyl (C=O) groups excluding carboxylic acids is 1. The van der Waals surface area contributed by atoms with Crippen molar-refractivity contribution in [1.29, 1.82) is 0 Å². The maximum absolute atomic E-state index is 12.2. The van der Waals surface area contributed by atoms with Gasteiger partial charge in [0.1, 0.15) is 6.04 Å². The Morgan fingerprint density at radius 3 is 2.47 bits per heavy atom. The molecule has 1 aliphatic rings. The summed E-state index contributed by atoms with van der Waals surface area (Å²) in [5.74, 6) is -0.160. The zero-order valence-electron chi connectivity index (χ0n) is 11.3. The molecule has 1 aromatic carbocycles. The van der Waals surface area contributed by atoms with Gasteiger partial charge in [0.2, 0.25) is 0 Å². The fraction of sp³-hybridized carbons (Fsp3) is 0.533. The summed E-state index contributed by atoms with van der Waals surface area (Å²) in [5.41, 5.74) is 0.963. The van der Waals surface area contributed by atoms with Crippen LogP contribution in [0.4, 0.5) is 0 Å². The van der Waals surface area contributed by atoms with E-state index in [9.17, 15) is 4.79 Å². The molecule has 0 aromatic heterocycles. The number of hydrogen-bond acceptors (Lipinski definition) is 3. The third-order valence-electron chi connectivity index (χ3n) is 3.45. The van der Waals surface area contributed by atoms with Crippen LogP contribution in [0.5, 0.6) is 0 Å². The van der Waals surface area contributed by atoms with E-state index in [2.05, 4.69) is 4.90 Å². The lowest BCUT2D eigenvalue weighted by Crippen LogP contribution is -2.38. The minimum Gasteiger partial charge on any atom is -0.465 e. The quantitative estimate of drug-likeness (QED) is 0.792. The number of carbonyl (C=O) groups is 1. The number of nitrogens with zero attached hydrogens (tertiary/aromatic N) is 1. The van der Waals surface area contributed by atoms with Crippen LogP contribution in [-0.4, -0.2) is 30.6 Å². The number of ether oxygens (including phenoxy) is 1. The molecule has 0 N–H and O–H groups in total. The lowest BCUT2D eigenvalue weighted by molar-refractivity contribution is -0.150. The Kier molecular flexibility index (Phi) is 5.23. The van der Waals surface area contributed by atoms with Crippen molar-refractivity contribution >= 4 is 17.6 Å². The number of piperidine rings is 1. The maximum Gasteiger partial charge on any atom is 0.327 e. The Hall–Kier alpha value is -1.06. The van der Waals surface area contributed by atoms with Crippen molar-refractivity contribution in [1.82, 2.24) is 4.90 Å². The minimum atomic E-state index is -0.294.